The molecule has 0 atom stereocenters. The van der Waals surface area contributed by atoms with Crippen LogP contribution in [-0.4, -0.2) is 50.7 Å². The molecule has 0 aromatic carbocycles. The van der Waals surface area contributed by atoms with Crippen LogP contribution in [0.5, 0.6) is 0 Å². The van der Waals surface area contributed by atoms with Crippen LogP contribution in [0.1, 0.15) is 6.42 Å². The highest BCUT2D eigenvalue weighted by Gasteiger charge is 2.13. The van der Waals surface area contributed by atoms with Gasteiger partial charge in [0, 0.05) is 12.0 Å². The van der Waals surface area contributed by atoms with Crippen molar-refractivity contribution in [1.82, 2.24) is 0 Å². The zero-order valence-electron chi connectivity index (χ0n) is 11.0. The van der Waals surface area contributed by atoms with Gasteiger partial charge in [-0.15, -0.1) is 17.0 Å². The van der Waals surface area contributed by atoms with E-state index in [-0.39, 0.29) is 41.2 Å². The summed E-state index contributed by atoms with van der Waals surface area (Å²) in [5.41, 5.74) is -0.112. The molecule has 0 saturated carbocycles. The molecule has 0 fully saturated rings. The standard InChI is InChI=1S/C12H19NO4.BrH/c1-9(11(14)15)8-10(2)12(16)17-7-6-13(3,4)5;/h1-2,6-8H2,3-5H3;1H. The van der Waals surface area contributed by atoms with E-state index in [9.17, 15) is 14.7 Å². The first-order valence-corrected chi connectivity index (χ1v) is 5.18. The fourth-order valence-electron chi connectivity index (χ4n) is 0.916. The van der Waals surface area contributed by atoms with Crippen LogP contribution in [0.3, 0.4) is 0 Å². The average molecular weight is 322 g/mol. The van der Waals surface area contributed by atoms with Gasteiger partial charge in [0.2, 0.25) is 0 Å². The molecule has 5 nitrogen and oxygen atoms in total. The SMILES string of the molecule is Br.C=C(CC(=C)C(=O)OCC[N+](C)(C)C)C(=O)[O-]. The maximum atomic E-state index is 11.4. The molecule has 0 N–H and O–H groups in total. The lowest BCUT2D eigenvalue weighted by atomic mass is 10.1. The van der Waals surface area contributed by atoms with Crippen molar-refractivity contribution in [3.63, 3.8) is 0 Å². The lowest BCUT2D eigenvalue weighted by Gasteiger charge is -2.23. The van der Waals surface area contributed by atoms with Crippen molar-refractivity contribution < 1.29 is 23.9 Å². The molecule has 0 aromatic heterocycles. The number of hydrogen-bond acceptors (Lipinski definition) is 4. The van der Waals surface area contributed by atoms with E-state index in [0.717, 1.165) is 0 Å². The maximum absolute atomic E-state index is 11.4. The molecule has 104 valence electrons. The normalized spacial score (nSPS) is 10.2. The quantitative estimate of drug-likeness (QED) is 0.378. The number of likely N-dealkylation sites (N-methyl/N-ethyl adjacent to an activating group) is 1. The smallest absolute Gasteiger partial charge is 0.333 e. The minimum absolute atomic E-state index is 0. The first kappa shape index (κ1) is 19.2. The first-order chi connectivity index (χ1) is 7.63. The van der Waals surface area contributed by atoms with E-state index in [4.69, 9.17) is 4.74 Å². The van der Waals surface area contributed by atoms with Gasteiger partial charge in [0.25, 0.3) is 0 Å². The number of halogens is 1. The summed E-state index contributed by atoms with van der Waals surface area (Å²) in [5.74, 6) is -1.98. The van der Waals surface area contributed by atoms with Crippen LogP contribution < -0.4 is 5.11 Å². The van der Waals surface area contributed by atoms with E-state index < -0.39 is 11.9 Å². The van der Waals surface area contributed by atoms with Gasteiger partial charge in [-0.2, -0.15) is 0 Å². The van der Waals surface area contributed by atoms with Gasteiger partial charge in [0.05, 0.1) is 27.1 Å². The molecule has 6 heteroatoms. The molecule has 0 heterocycles. The van der Waals surface area contributed by atoms with Crippen LogP contribution in [0.4, 0.5) is 0 Å². The Morgan fingerprint density at radius 1 is 1.17 bits per heavy atom. The maximum Gasteiger partial charge on any atom is 0.333 e. The molecule has 0 spiro atoms. The summed E-state index contributed by atoms with van der Waals surface area (Å²) in [6.07, 6.45) is -0.133. The molecule has 0 amide bonds. The fourth-order valence-corrected chi connectivity index (χ4v) is 0.916. The van der Waals surface area contributed by atoms with Gasteiger partial charge in [0.15, 0.2) is 0 Å². The van der Waals surface area contributed by atoms with Crippen molar-refractivity contribution >= 4 is 28.9 Å². The number of quaternary nitrogens is 1. The van der Waals surface area contributed by atoms with Crippen molar-refractivity contribution in [2.45, 2.75) is 6.42 Å². The van der Waals surface area contributed by atoms with E-state index in [0.29, 0.717) is 11.0 Å². The summed E-state index contributed by atoms with van der Waals surface area (Å²) in [7, 11) is 5.92. The van der Waals surface area contributed by atoms with Crippen molar-refractivity contribution in [2.75, 3.05) is 34.3 Å². The molecule has 0 aromatic rings. The Balaban J connectivity index is 0. The first-order valence-electron chi connectivity index (χ1n) is 5.18. The molecule has 0 aliphatic carbocycles. The van der Waals surface area contributed by atoms with Crippen molar-refractivity contribution in [1.29, 1.82) is 0 Å². The lowest BCUT2D eigenvalue weighted by molar-refractivity contribution is -0.870. The predicted molar refractivity (Wildman–Crippen MR) is 72.1 cm³/mol. The number of hydrogen-bond donors (Lipinski definition) is 0. The van der Waals surface area contributed by atoms with Crippen molar-refractivity contribution in [2.24, 2.45) is 0 Å². The molecule has 0 aliphatic rings. The van der Waals surface area contributed by atoms with Gasteiger partial charge in [0.1, 0.15) is 13.2 Å². The Hall–Kier alpha value is -1.14. The van der Waals surface area contributed by atoms with Crippen LogP contribution in [-0.2, 0) is 14.3 Å². The molecule has 0 rings (SSSR count). The number of rotatable bonds is 7. The van der Waals surface area contributed by atoms with E-state index in [1.807, 2.05) is 21.1 Å². The summed E-state index contributed by atoms with van der Waals surface area (Å²) in [6.45, 7) is 7.65. The minimum atomic E-state index is -1.38. The number of carbonyl (C=O) groups is 2. The Labute approximate surface area is 118 Å². The topological polar surface area (TPSA) is 66.4 Å². The van der Waals surface area contributed by atoms with Crippen LogP contribution >= 0.6 is 17.0 Å². The number of carbonyl (C=O) groups excluding carboxylic acids is 2. The second kappa shape index (κ2) is 8.05. The van der Waals surface area contributed by atoms with Crippen LogP contribution in [0.25, 0.3) is 0 Å². The zero-order chi connectivity index (χ0) is 13.6. The van der Waals surface area contributed by atoms with Crippen LogP contribution in [0, 0.1) is 0 Å². The molecule has 0 radical (unpaired) electrons. The molecule has 18 heavy (non-hydrogen) atoms. The number of carboxylic acids is 1. The van der Waals surface area contributed by atoms with E-state index in [1.54, 1.807) is 0 Å². The highest BCUT2D eigenvalue weighted by molar-refractivity contribution is 8.93. The third kappa shape index (κ3) is 8.95. The summed E-state index contributed by atoms with van der Waals surface area (Å²) >= 11 is 0. The summed E-state index contributed by atoms with van der Waals surface area (Å²) in [4.78, 5) is 21.8. The molecule has 0 bridgehead atoms. The monoisotopic (exact) mass is 321 g/mol. The number of carboxylic acid groups (broad SMARTS) is 1. The molecular formula is C12H20BrNO4. The number of esters is 1. The van der Waals surface area contributed by atoms with Gasteiger partial charge in [-0.05, 0) is 5.57 Å². The number of aliphatic carboxylic acids is 1. The highest BCUT2D eigenvalue weighted by atomic mass is 79.9. The molecular weight excluding hydrogens is 302 g/mol. The summed E-state index contributed by atoms with van der Waals surface area (Å²) in [5, 5.41) is 10.4. The van der Waals surface area contributed by atoms with Crippen LogP contribution in [0.15, 0.2) is 24.3 Å². The third-order valence-electron chi connectivity index (χ3n) is 2.00. The van der Waals surface area contributed by atoms with Crippen LogP contribution in [0.2, 0.25) is 0 Å². The second-order valence-electron chi connectivity index (χ2n) is 4.82. The third-order valence-corrected chi connectivity index (χ3v) is 2.00. The van der Waals surface area contributed by atoms with E-state index >= 15 is 0 Å². The van der Waals surface area contributed by atoms with Gasteiger partial charge >= 0.3 is 5.97 Å². The number of nitrogens with zero attached hydrogens (tertiary/aromatic N) is 1. The van der Waals surface area contributed by atoms with E-state index in [2.05, 4.69) is 13.2 Å². The van der Waals surface area contributed by atoms with Gasteiger partial charge < -0.3 is 19.1 Å². The Bertz CT molecular complexity index is 344. The predicted octanol–water partition coefficient (Wildman–Crippen LogP) is 0.0661. The van der Waals surface area contributed by atoms with Gasteiger partial charge in [-0.25, -0.2) is 4.79 Å². The number of ether oxygens (including phenoxy) is 1. The van der Waals surface area contributed by atoms with E-state index in [1.165, 1.54) is 0 Å². The lowest BCUT2D eigenvalue weighted by Crippen LogP contribution is -2.38. The van der Waals surface area contributed by atoms with Crippen molar-refractivity contribution in [3.8, 4) is 0 Å². The Morgan fingerprint density at radius 3 is 2.06 bits per heavy atom. The summed E-state index contributed by atoms with van der Waals surface area (Å²) in [6, 6.07) is 0. The second-order valence-corrected chi connectivity index (χ2v) is 4.82. The van der Waals surface area contributed by atoms with Crippen molar-refractivity contribution in [3.05, 3.63) is 24.3 Å². The average Bonchev–Trinajstić information content (AvgIpc) is 2.15. The molecule has 0 saturated heterocycles. The molecule has 0 unspecified atom stereocenters. The largest absolute Gasteiger partial charge is 0.545 e. The highest BCUT2D eigenvalue weighted by Crippen LogP contribution is 2.08. The summed E-state index contributed by atoms with van der Waals surface area (Å²) < 4.78 is 5.62. The van der Waals surface area contributed by atoms with Gasteiger partial charge in [-0.3, -0.25) is 0 Å². The Morgan fingerprint density at radius 2 is 1.67 bits per heavy atom. The fraction of sp³-hybridized carbons (Fsp3) is 0.500. The minimum Gasteiger partial charge on any atom is -0.545 e. The Kier molecular flexibility index (Phi) is 8.59. The zero-order valence-corrected chi connectivity index (χ0v) is 12.7. The molecule has 0 aliphatic heterocycles. The van der Waals surface area contributed by atoms with Gasteiger partial charge in [-0.1, -0.05) is 13.2 Å².